The van der Waals surface area contributed by atoms with E-state index in [4.69, 9.17) is 0 Å². The number of aromatic nitrogens is 3. The van der Waals surface area contributed by atoms with Crippen molar-refractivity contribution in [1.29, 1.82) is 5.26 Å². The van der Waals surface area contributed by atoms with E-state index in [1.807, 2.05) is 0 Å². The van der Waals surface area contributed by atoms with Crippen LogP contribution in [0.1, 0.15) is 54.9 Å². The van der Waals surface area contributed by atoms with Gasteiger partial charge in [-0.1, -0.05) is 6.07 Å². The van der Waals surface area contributed by atoms with Gasteiger partial charge in [-0.3, -0.25) is 4.90 Å². The highest BCUT2D eigenvalue weighted by Crippen LogP contribution is 2.41. The smallest absolute Gasteiger partial charge is 0.229 e. The number of nitriles is 1. The van der Waals surface area contributed by atoms with Crippen LogP contribution in [0, 0.1) is 11.3 Å². The Kier molecular flexibility index (Phi) is 6.84. The highest BCUT2D eigenvalue weighted by Gasteiger charge is 2.31. The zero-order valence-electron chi connectivity index (χ0n) is 21.7. The van der Waals surface area contributed by atoms with Crippen molar-refractivity contribution in [3.8, 4) is 6.07 Å². The largest absolute Gasteiger partial charge is 0.324 e. The van der Waals surface area contributed by atoms with E-state index in [9.17, 15) is 9.47 Å². The summed E-state index contributed by atoms with van der Waals surface area (Å²) >= 11 is 0. The average Bonchev–Trinajstić information content (AvgIpc) is 2.83. The summed E-state index contributed by atoms with van der Waals surface area (Å²) in [5, 5.41) is 16.1. The first-order valence-electron chi connectivity index (χ1n) is 12.5. The summed E-state index contributed by atoms with van der Waals surface area (Å²) in [6.07, 6.45) is 8.15. The van der Waals surface area contributed by atoms with Crippen molar-refractivity contribution in [2.24, 2.45) is 4.36 Å². The topological polar surface area (TPSA) is 119 Å². The summed E-state index contributed by atoms with van der Waals surface area (Å²) in [6.45, 7) is 6.60. The number of nitrogens with one attached hydrogen (secondary N) is 2. The number of rotatable bonds is 6. The second-order valence-electron chi connectivity index (χ2n) is 10.3. The Morgan fingerprint density at radius 1 is 1.19 bits per heavy atom. The summed E-state index contributed by atoms with van der Waals surface area (Å²) in [7, 11) is -2.35. The molecule has 1 aromatic carbocycles. The van der Waals surface area contributed by atoms with Gasteiger partial charge >= 0.3 is 0 Å². The van der Waals surface area contributed by atoms with E-state index >= 15 is 0 Å². The van der Waals surface area contributed by atoms with Crippen LogP contribution in [0.5, 0.6) is 0 Å². The predicted molar refractivity (Wildman–Crippen MR) is 147 cm³/mol. The van der Waals surface area contributed by atoms with E-state index in [0.717, 1.165) is 25.2 Å². The van der Waals surface area contributed by atoms with Crippen LogP contribution < -0.4 is 10.6 Å². The number of hydrogen-bond acceptors (Lipinski definition) is 9. The minimum atomic E-state index is -2.35. The van der Waals surface area contributed by atoms with Crippen LogP contribution in [0.15, 0.2) is 40.9 Å². The molecule has 3 aromatic rings. The van der Waals surface area contributed by atoms with Crippen molar-refractivity contribution >= 4 is 38.8 Å². The SMILES string of the molecule is CC(C)N1Cc2cc(Nc3ncc(C#N)c(Nc4cccc(N=S(C)(C)=O)n4)n3)cc3c2C(CCC3)C1. The third-order valence-electron chi connectivity index (χ3n) is 6.78. The van der Waals surface area contributed by atoms with E-state index in [0.29, 0.717) is 40.9 Å². The Morgan fingerprint density at radius 3 is 2.76 bits per heavy atom. The van der Waals surface area contributed by atoms with Crippen LogP contribution >= 0.6 is 0 Å². The second kappa shape index (κ2) is 10.1. The lowest BCUT2D eigenvalue weighted by Gasteiger charge is -2.40. The number of pyridine rings is 1. The molecule has 37 heavy (non-hydrogen) atoms. The van der Waals surface area contributed by atoms with Crippen LogP contribution in [0.3, 0.4) is 0 Å². The highest BCUT2D eigenvalue weighted by molar-refractivity contribution is 7.92. The predicted octanol–water partition coefficient (Wildman–Crippen LogP) is 5.23. The van der Waals surface area contributed by atoms with Crippen LogP contribution in [0.25, 0.3) is 0 Å². The highest BCUT2D eigenvalue weighted by atomic mass is 32.2. The lowest BCUT2D eigenvalue weighted by atomic mass is 9.77. The van der Waals surface area contributed by atoms with Gasteiger partial charge in [-0.2, -0.15) is 14.6 Å². The molecule has 0 amide bonds. The number of benzene rings is 1. The molecule has 1 unspecified atom stereocenters. The maximum absolute atomic E-state index is 12.1. The second-order valence-corrected chi connectivity index (χ2v) is 12.8. The first-order valence-corrected chi connectivity index (χ1v) is 14.9. The summed E-state index contributed by atoms with van der Waals surface area (Å²) in [4.78, 5) is 15.9. The monoisotopic (exact) mass is 516 g/mol. The lowest BCUT2D eigenvalue weighted by molar-refractivity contribution is 0.176. The Labute approximate surface area is 218 Å². The van der Waals surface area contributed by atoms with Crippen molar-refractivity contribution in [3.63, 3.8) is 0 Å². The molecule has 10 heteroatoms. The molecular formula is C27H32N8OS. The van der Waals surface area contributed by atoms with Gasteiger partial charge < -0.3 is 10.6 Å². The van der Waals surface area contributed by atoms with Gasteiger partial charge in [0.1, 0.15) is 17.5 Å². The number of nitrogens with zero attached hydrogens (tertiary/aromatic N) is 6. The van der Waals surface area contributed by atoms with E-state index in [1.165, 1.54) is 35.7 Å². The van der Waals surface area contributed by atoms with Crippen molar-refractivity contribution < 1.29 is 4.21 Å². The molecule has 0 fully saturated rings. The maximum Gasteiger partial charge on any atom is 0.229 e. The molecule has 2 aliphatic rings. The molecule has 2 N–H and O–H groups in total. The van der Waals surface area contributed by atoms with Crippen LogP contribution in [-0.2, 0) is 22.7 Å². The lowest BCUT2D eigenvalue weighted by Crippen LogP contribution is -2.39. The molecule has 1 aliphatic heterocycles. The molecule has 0 bridgehead atoms. The van der Waals surface area contributed by atoms with Gasteiger partial charge in [-0.25, -0.2) is 14.2 Å². The van der Waals surface area contributed by atoms with Gasteiger partial charge in [0, 0.05) is 47.1 Å². The van der Waals surface area contributed by atoms with E-state index in [-0.39, 0.29) is 0 Å². The van der Waals surface area contributed by atoms with Gasteiger partial charge in [-0.05, 0) is 80.0 Å². The molecule has 3 heterocycles. The minimum Gasteiger partial charge on any atom is -0.324 e. The van der Waals surface area contributed by atoms with E-state index in [1.54, 1.807) is 30.7 Å². The molecular weight excluding hydrogens is 484 g/mol. The van der Waals surface area contributed by atoms with Gasteiger partial charge in [0.15, 0.2) is 11.6 Å². The summed E-state index contributed by atoms with van der Waals surface area (Å²) in [5.74, 6) is 2.13. The fourth-order valence-corrected chi connectivity index (χ4v) is 5.73. The standard InChI is InChI=1S/C27H32N8OS/c1-17(2)35-15-19-8-5-7-18-11-22(12-20(16-35)25(18)19)30-27-29-14-21(13-28)26(33-27)32-23-9-6-10-24(31-23)34-37(3,4)36/h6,9-12,14,17,19H,5,7-8,15-16H2,1-4H3,(H2,29,30,31,32,33). The fraction of sp³-hybridized carbons (Fsp3) is 0.407. The zero-order chi connectivity index (χ0) is 26.2. The Balaban J connectivity index is 1.44. The molecule has 1 atom stereocenters. The average molecular weight is 517 g/mol. The minimum absolute atomic E-state index is 0.292. The normalized spacial score (nSPS) is 17.1. The number of anilines is 4. The van der Waals surface area contributed by atoms with Gasteiger partial charge in [0.05, 0.1) is 6.20 Å². The number of hydrogen-bond donors (Lipinski definition) is 2. The van der Waals surface area contributed by atoms with Gasteiger partial charge in [-0.15, -0.1) is 0 Å². The quantitative estimate of drug-likeness (QED) is 0.457. The molecule has 0 spiro atoms. The summed E-state index contributed by atoms with van der Waals surface area (Å²) in [5.41, 5.74) is 5.58. The molecule has 0 saturated heterocycles. The third-order valence-corrected chi connectivity index (χ3v) is 7.40. The van der Waals surface area contributed by atoms with Crippen molar-refractivity contribution in [1.82, 2.24) is 19.9 Å². The van der Waals surface area contributed by atoms with Gasteiger partial charge in [0.25, 0.3) is 0 Å². The zero-order valence-corrected chi connectivity index (χ0v) is 22.5. The van der Waals surface area contributed by atoms with Crippen molar-refractivity contribution in [3.05, 3.63) is 58.8 Å². The molecule has 192 valence electrons. The number of aryl methyl sites for hydroxylation is 1. The third kappa shape index (κ3) is 5.73. The molecule has 0 saturated carbocycles. The summed E-state index contributed by atoms with van der Waals surface area (Å²) < 4.78 is 16.2. The molecule has 9 nitrogen and oxygen atoms in total. The fourth-order valence-electron chi connectivity index (χ4n) is 5.18. The van der Waals surface area contributed by atoms with E-state index < -0.39 is 9.73 Å². The van der Waals surface area contributed by atoms with E-state index in [2.05, 4.69) is 66.9 Å². The molecule has 5 rings (SSSR count). The summed E-state index contributed by atoms with van der Waals surface area (Å²) in [6, 6.07) is 12.3. The maximum atomic E-state index is 12.1. The Hall–Kier alpha value is -3.55. The molecule has 1 aliphatic carbocycles. The van der Waals surface area contributed by atoms with Crippen molar-refractivity contribution in [2.45, 2.75) is 51.6 Å². The van der Waals surface area contributed by atoms with Crippen LogP contribution in [0.4, 0.5) is 29.1 Å². The first-order chi connectivity index (χ1) is 17.7. The first kappa shape index (κ1) is 25.1. The molecule has 0 radical (unpaired) electrons. The van der Waals surface area contributed by atoms with Crippen molar-refractivity contribution in [2.75, 3.05) is 29.7 Å². The van der Waals surface area contributed by atoms with Crippen LogP contribution in [0.2, 0.25) is 0 Å². The Bertz CT molecular complexity index is 1490. The van der Waals surface area contributed by atoms with Crippen LogP contribution in [-0.4, -0.2) is 49.2 Å². The molecule has 2 aromatic heterocycles. The van der Waals surface area contributed by atoms with Gasteiger partial charge in [0.2, 0.25) is 5.95 Å². The Morgan fingerprint density at radius 2 is 2.00 bits per heavy atom.